The topological polar surface area (TPSA) is 15.6 Å². The molecule has 0 bridgehead atoms. The summed E-state index contributed by atoms with van der Waals surface area (Å²) >= 11 is 0. The Balaban J connectivity index is 2.41. The average molecular weight is 124 g/mol. The Labute approximate surface area is 55.9 Å². The minimum Gasteiger partial charge on any atom is -0.357 e. The van der Waals surface area contributed by atoms with Crippen molar-refractivity contribution in [3.05, 3.63) is 12.4 Å². The Hall–Kier alpha value is -0.790. The molecule has 1 rings (SSSR count). The van der Waals surface area contributed by atoms with Gasteiger partial charge in [-0.3, -0.25) is 0 Å². The molecule has 0 aliphatic carbocycles. The maximum Gasteiger partial charge on any atom is 0.120 e. The van der Waals surface area contributed by atoms with Gasteiger partial charge >= 0.3 is 0 Å². The first-order chi connectivity index (χ1) is 4.34. The number of rotatable bonds is 2. The maximum atomic E-state index is 3.75. The van der Waals surface area contributed by atoms with Crippen molar-refractivity contribution in [1.82, 2.24) is 4.90 Å². The highest BCUT2D eigenvalue weighted by Gasteiger charge is 2.10. The van der Waals surface area contributed by atoms with Gasteiger partial charge in [-0.1, -0.05) is 6.58 Å². The molecule has 0 radical (unpaired) electrons. The smallest absolute Gasteiger partial charge is 0.120 e. The normalized spacial score (nSPS) is 18.0. The van der Waals surface area contributed by atoms with E-state index in [2.05, 4.69) is 23.2 Å². The molecule has 2 heteroatoms. The molecule has 9 heavy (non-hydrogen) atoms. The van der Waals surface area contributed by atoms with Crippen LogP contribution in [0.25, 0.3) is 0 Å². The largest absolute Gasteiger partial charge is 0.357 e. The van der Waals surface area contributed by atoms with Gasteiger partial charge < -0.3 is 4.90 Å². The van der Waals surface area contributed by atoms with E-state index in [-0.39, 0.29) is 0 Å². The first-order valence-electron chi connectivity index (χ1n) is 3.25. The number of hydrogen-bond donors (Lipinski definition) is 0. The van der Waals surface area contributed by atoms with E-state index in [0.717, 1.165) is 18.9 Å². The van der Waals surface area contributed by atoms with Crippen LogP contribution in [0.15, 0.2) is 17.4 Å². The van der Waals surface area contributed by atoms with Crippen molar-refractivity contribution in [1.29, 1.82) is 0 Å². The third-order valence-electron chi connectivity index (χ3n) is 1.65. The highest BCUT2D eigenvalue weighted by atomic mass is 15.2. The number of aliphatic imine (C=N–C) groups is 1. The fourth-order valence-corrected chi connectivity index (χ4v) is 1.08. The van der Waals surface area contributed by atoms with E-state index >= 15 is 0 Å². The third kappa shape index (κ3) is 1.31. The second-order valence-corrected chi connectivity index (χ2v) is 2.27. The molecule has 1 saturated heterocycles. The van der Waals surface area contributed by atoms with Gasteiger partial charge in [-0.2, -0.15) is 0 Å². The van der Waals surface area contributed by atoms with Gasteiger partial charge in [-0.15, -0.1) is 0 Å². The van der Waals surface area contributed by atoms with E-state index in [1.165, 1.54) is 12.8 Å². The molecule has 0 unspecified atom stereocenters. The first-order valence-corrected chi connectivity index (χ1v) is 3.25. The van der Waals surface area contributed by atoms with Gasteiger partial charge in [0.05, 0.1) is 0 Å². The molecule has 1 aliphatic rings. The predicted octanol–water partition coefficient (Wildman–Crippen LogP) is 1.25. The minimum absolute atomic E-state index is 0.826. The van der Waals surface area contributed by atoms with Crippen molar-refractivity contribution in [3.63, 3.8) is 0 Å². The van der Waals surface area contributed by atoms with Gasteiger partial charge in [0.1, 0.15) is 5.82 Å². The molecule has 0 aromatic heterocycles. The van der Waals surface area contributed by atoms with Crippen molar-refractivity contribution in [3.8, 4) is 0 Å². The quantitative estimate of drug-likeness (QED) is 0.506. The lowest BCUT2D eigenvalue weighted by Crippen LogP contribution is -2.15. The second-order valence-electron chi connectivity index (χ2n) is 2.27. The highest BCUT2D eigenvalue weighted by molar-refractivity contribution is 5.27. The number of nitrogens with zero attached hydrogens (tertiary/aromatic N) is 2. The zero-order valence-electron chi connectivity index (χ0n) is 5.64. The molecule has 0 amide bonds. The van der Waals surface area contributed by atoms with Gasteiger partial charge in [-0.05, 0) is 19.6 Å². The van der Waals surface area contributed by atoms with Crippen molar-refractivity contribution >= 4 is 6.72 Å². The van der Waals surface area contributed by atoms with Gasteiger partial charge in [-0.25, -0.2) is 4.99 Å². The Morgan fingerprint density at radius 2 is 1.89 bits per heavy atom. The lowest BCUT2D eigenvalue weighted by atomic mass is 10.4. The number of hydrogen-bond acceptors (Lipinski definition) is 2. The van der Waals surface area contributed by atoms with Crippen LogP contribution in [0.5, 0.6) is 0 Å². The zero-order valence-corrected chi connectivity index (χ0v) is 5.64. The molecule has 1 aliphatic heterocycles. The van der Waals surface area contributed by atoms with Crippen LogP contribution in [-0.4, -0.2) is 24.7 Å². The summed E-state index contributed by atoms with van der Waals surface area (Å²) in [5.74, 6) is 0.826. The average Bonchev–Trinajstić information content (AvgIpc) is 2.37. The summed E-state index contributed by atoms with van der Waals surface area (Å²) in [5, 5.41) is 0. The fraction of sp³-hybridized carbons (Fsp3) is 0.571. The van der Waals surface area contributed by atoms with Crippen molar-refractivity contribution in [2.24, 2.45) is 4.99 Å². The molecule has 1 fully saturated rings. The maximum absolute atomic E-state index is 3.75. The van der Waals surface area contributed by atoms with E-state index in [9.17, 15) is 0 Å². The molecule has 2 nitrogen and oxygen atoms in total. The third-order valence-corrected chi connectivity index (χ3v) is 1.65. The molecule has 0 saturated carbocycles. The molecular weight excluding hydrogens is 112 g/mol. The second kappa shape index (κ2) is 2.67. The minimum atomic E-state index is 0.826. The molecule has 1 heterocycles. The monoisotopic (exact) mass is 124 g/mol. The molecule has 0 aromatic carbocycles. The standard InChI is InChI=1S/C7H12N2/c1-7(8-2)9-5-3-4-6-9/h1-6H2. The fourth-order valence-electron chi connectivity index (χ4n) is 1.08. The van der Waals surface area contributed by atoms with Crippen LogP contribution in [0.4, 0.5) is 0 Å². The van der Waals surface area contributed by atoms with Crippen LogP contribution in [0, 0.1) is 0 Å². The first kappa shape index (κ1) is 6.33. The van der Waals surface area contributed by atoms with Gasteiger partial charge in [0.25, 0.3) is 0 Å². The molecule has 0 N–H and O–H groups in total. The highest BCUT2D eigenvalue weighted by Crippen LogP contribution is 2.12. The lowest BCUT2D eigenvalue weighted by Gasteiger charge is -2.14. The summed E-state index contributed by atoms with van der Waals surface area (Å²) in [5.41, 5.74) is 0. The van der Waals surface area contributed by atoms with E-state index in [1.54, 1.807) is 0 Å². The summed E-state index contributed by atoms with van der Waals surface area (Å²) in [6.45, 7) is 9.38. The van der Waals surface area contributed by atoms with Gasteiger partial charge in [0.15, 0.2) is 0 Å². The van der Waals surface area contributed by atoms with E-state index < -0.39 is 0 Å². The van der Waals surface area contributed by atoms with Crippen LogP contribution >= 0.6 is 0 Å². The summed E-state index contributed by atoms with van der Waals surface area (Å²) in [7, 11) is 0. The van der Waals surface area contributed by atoms with Crippen molar-refractivity contribution in [2.45, 2.75) is 12.8 Å². The molecule has 0 atom stereocenters. The Kier molecular flexibility index (Phi) is 1.88. The summed E-state index contributed by atoms with van der Waals surface area (Å²) in [6.07, 6.45) is 2.54. The summed E-state index contributed by atoms with van der Waals surface area (Å²) in [6, 6.07) is 0. The molecule has 0 spiro atoms. The van der Waals surface area contributed by atoms with E-state index in [1.807, 2.05) is 0 Å². The van der Waals surface area contributed by atoms with Gasteiger partial charge in [0.2, 0.25) is 0 Å². The van der Waals surface area contributed by atoms with Crippen molar-refractivity contribution < 1.29 is 0 Å². The molecule has 50 valence electrons. The van der Waals surface area contributed by atoms with Gasteiger partial charge in [0, 0.05) is 13.1 Å². The Morgan fingerprint density at radius 3 is 2.33 bits per heavy atom. The molecule has 0 aromatic rings. The Morgan fingerprint density at radius 1 is 1.33 bits per heavy atom. The van der Waals surface area contributed by atoms with Crippen LogP contribution in [0.1, 0.15) is 12.8 Å². The van der Waals surface area contributed by atoms with Crippen molar-refractivity contribution in [2.75, 3.05) is 13.1 Å². The molecular formula is C7H12N2. The van der Waals surface area contributed by atoms with Crippen LogP contribution in [-0.2, 0) is 0 Å². The van der Waals surface area contributed by atoms with E-state index in [0.29, 0.717) is 0 Å². The van der Waals surface area contributed by atoms with Crippen LogP contribution in [0.3, 0.4) is 0 Å². The SMILES string of the molecule is C=NC(=C)N1CCCC1. The lowest BCUT2D eigenvalue weighted by molar-refractivity contribution is 0.425. The number of likely N-dealkylation sites (tertiary alicyclic amines) is 1. The van der Waals surface area contributed by atoms with Crippen LogP contribution in [0.2, 0.25) is 0 Å². The summed E-state index contributed by atoms with van der Waals surface area (Å²) in [4.78, 5) is 5.91. The van der Waals surface area contributed by atoms with E-state index in [4.69, 9.17) is 0 Å². The Bertz CT molecular complexity index is 123. The summed E-state index contributed by atoms with van der Waals surface area (Å²) < 4.78 is 0. The zero-order chi connectivity index (χ0) is 6.69. The predicted molar refractivity (Wildman–Crippen MR) is 39.5 cm³/mol. The van der Waals surface area contributed by atoms with Crippen LogP contribution < -0.4 is 0 Å².